The van der Waals surface area contributed by atoms with Crippen molar-refractivity contribution in [3.8, 4) is 11.4 Å². The van der Waals surface area contributed by atoms with Crippen molar-refractivity contribution in [3.05, 3.63) is 48.5 Å². The van der Waals surface area contributed by atoms with Crippen molar-refractivity contribution in [1.82, 2.24) is 24.7 Å². The van der Waals surface area contributed by atoms with Crippen LogP contribution in [0.15, 0.2) is 47.9 Å². The molecule has 0 saturated heterocycles. The van der Waals surface area contributed by atoms with Gasteiger partial charge in [-0.1, -0.05) is 23.1 Å². The molecule has 1 saturated carbocycles. The average molecular weight is 427 g/mol. The Morgan fingerprint density at radius 1 is 1.24 bits per heavy atom. The van der Waals surface area contributed by atoms with E-state index in [2.05, 4.69) is 30.0 Å². The van der Waals surface area contributed by atoms with Gasteiger partial charge in [0.25, 0.3) is 0 Å². The van der Waals surface area contributed by atoms with Gasteiger partial charge in [0.15, 0.2) is 16.1 Å². The van der Waals surface area contributed by atoms with Crippen LogP contribution < -0.4 is 5.32 Å². The minimum Gasteiger partial charge on any atom is -0.301 e. The van der Waals surface area contributed by atoms with Crippen molar-refractivity contribution in [2.45, 2.75) is 24.0 Å². The van der Waals surface area contributed by atoms with Crippen molar-refractivity contribution >= 4 is 44.4 Å². The van der Waals surface area contributed by atoms with Crippen LogP contribution in [0.4, 0.5) is 9.52 Å². The van der Waals surface area contributed by atoms with E-state index in [1.165, 1.54) is 35.2 Å². The second-order valence-electron chi connectivity index (χ2n) is 6.61. The summed E-state index contributed by atoms with van der Waals surface area (Å²) in [5, 5.41) is 12.6. The standard InChI is InChI=1S/C19H15FN6OS2/c20-12-1-4-14-15(9-12)29-18(22-14)23-16(27)10-28-19-25-24-17(26(19)13-2-3-13)11-5-7-21-8-6-11/h1,4-9,13H,2-3,10H2,(H,22,23,27). The molecule has 0 atom stereocenters. The lowest BCUT2D eigenvalue weighted by Crippen LogP contribution is -2.14. The molecule has 1 N–H and O–H groups in total. The van der Waals surface area contributed by atoms with E-state index in [-0.39, 0.29) is 17.5 Å². The van der Waals surface area contributed by atoms with Crippen LogP contribution in [0, 0.1) is 5.82 Å². The smallest absolute Gasteiger partial charge is 0.236 e. The molecule has 1 aliphatic carbocycles. The van der Waals surface area contributed by atoms with E-state index in [0.717, 1.165) is 29.4 Å². The Kier molecular flexibility index (Phi) is 4.72. The van der Waals surface area contributed by atoms with Crippen molar-refractivity contribution in [1.29, 1.82) is 0 Å². The number of fused-ring (bicyclic) bond motifs is 1. The van der Waals surface area contributed by atoms with Gasteiger partial charge in [-0.15, -0.1) is 10.2 Å². The fourth-order valence-electron chi connectivity index (χ4n) is 2.97. The van der Waals surface area contributed by atoms with E-state index in [9.17, 15) is 9.18 Å². The molecule has 1 amide bonds. The first kappa shape index (κ1) is 18.2. The average Bonchev–Trinajstić information content (AvgIpc) is 3.35. The molecule has 0 aliphatic heterocycles. The summed E-state index contributed by atoms with van der Waals surface area (Å²) < 4.78 is 16.1. The summed E-state index contributed by atoms with van der Waals surface area (Å²) >= 11 is 2.60. The third-order valence-corrected chi connectivity index (χ3v) is 6.32. The summed E-state index contributed by atoms with van der Waals surface area (Å²) in [5.41, 5.74) is 1.62. The maximum Gasteiger partial charge on any atom is 0.236 e. The van der Waals surface area contributed by atoms with Crippen molar-refractivity contribution in [2.24, 2.45) is 0 Å². The maximum absolute atomic E-state index is 13.3. The maximum atomic E-state index is 13.3. The number of carbonyl (C=O) groups excluding carboxylic acids is 1. The van der Waals surface area contributed by atoms with Crippen LogP contribution in [0.2, 0.25) is 0 Å². The number of thioether (sulfide) groups is 1. The SMILES string of the molecule is O=C(CSc1nnc(-c2ccncc2)n1C1CC1)Nc1nc2ccc(F)cc2s1. The lowest BCUT2D eigenvalue weighted by molar-refractivity contribution is -0.113. The first-order chi connectivity index (χ1) is 14.2. The third kappa shape index (κ3) is 3.85. The van der Waals surface area contributed by atoms with E-state index in [4.69, 9.17) is 0 Å². The molecular weight excluding hydrogens is 411 g/mol. The molecule has 29 heavy (non-hydrogen) atoms. The fraction of sp³-hybridized carbons (Fsp3) is 0.211. The topological polar surface area (TPSA) is 85.6 Å². The van der Waals surface area contributed by atoms with Crippen molar-refractivity contribution < 1.29 is 9.18 Å². The molecule has 7 nitrogen and oxygen atoms in total. The van der Waals surface area contributed by atoms with E-state index in [1.54, 1.807) is 18.5 Å². The van der Waals surface area contributed by atoms with E-state index < -0.39 is 0 Å². The van der Waals surface area contributed by atoms with Crippen molar-refractivity contribution in [3.63, 3.8) is 0 Å². The number of halogens is 1. The summed E-state index contributed by atoms with van der Waals surface area (Å²) in [4.78, 5) is 20.8. The zero-order valence-corrected chi connectivity index (χ0v) is 16.7. The number of pyridine rings is 1. The predicted octanol–water partition coefficient (Wildman–Crippen LogP) is 4.15. The van der Waals surface area contributed by atoms with Crippen LogP contribution in [0.25, 0.3) is 21.6 Å². The normalized spacial score (nSPS) is 13.7. The summed E-state index contributed by atoms with van der Waals surface area (Å²) in [6, 6.07) is 8.55. The number of rotatable bonds is 6. The lowest BCUT2D eigenvalue weighted by atomic mass is 10.2. The molecule has 0 unspecified atom stereocenters. The first-order valence-electron chi connectivity index (χ1n) is 9.01. The molecule has 1 aliphatic rings. The molecule has 5 rings (SSSR count). The third-order valence-electron chi connectivity index (χ3n) is 4.44. The van der Waals surface area contributed by atoms with Crippen LogP contribution >= 0.6 is 23.1 Å². The van der Waals surface area contributed by atoms with Gasteiger partial charge in [0.1, 0.15) is 5.82 Å². The Labute approximate surface area is 173 Å². The number of nitrogens with one attached hydrogen (secondary N) is 1. The quantitative estimate of drug-likeness (QED) is 0.466. The van der Waals surface area contributed by atoms with E-state index in [1.807, 2.05) is 12.1 Å². The predicted molar refractivity (Wildman–Crippen MR) is 110 cm³/mol. The summed E-state index contributed by atoms with van der Waals surface area (Å²) in [6.45, 7) is 0. The summed E-state index contributed by atoms with van der Waals surface area (Å²) in [7, 11) is 0. The zero-order valence-electron chi connectivity index (χ0n) is 15.1. The minimum absolute atomic E-state index is 0.186. The highest BCUT2D eigenvalue weighted by Crippen LogP contribution is 2.41. The number of carbonyl (C=O) groups is 1. The molecule has 3 heterocycles. The van der Waals surface area contributed by atoms with Gasteiger partial charge in [0.2, 0.25) is 5.91 Å². The zero-order chi connectivity index (χ0) is 19.8. The second kappa shape index (κ2) is 7.53. The molecule has 4 aromatic rings. The van der Waals surface area contributed by atoms with Crippen molar-refractivity contribution in [2.75, 3.05) is 11.1 Å². The molecule has 0 bridgehead atoms. The van der Waals surface area contributed by atoms with Crippen LogP contribution in [-0.2, 0) is 4.79 Å². The molecular formula is C19H15FN6OS2. The number of hydrogen-bond acceptors (Lipinski definition) is 7. The largest absolute Gasteiger partial charge is 0.301 e. The Hall–Kier alpha value is -2.85. The first-order valence-corrected chi connectivity index (χ1v) is 10.8. The van der Waals surface area contributed by atoms with Gasteiger partial charge >= 0.3 is 0 Å². The minimum atomic E-state index is -0.320. The number of nitrogens with zero attached hydrogens (tertiary/aromatic N) is 5. The molecule has 3 aromatic heterocycles. The highest BCUT2D eigenvalue weighted by Gasteiger charge is 2.30. The number of thiazole rings is 1. The molecule has 0 radical (unpaired) electrons. The van der Waals surface area contributed by atoms with Gasteiger partial charge in [0.05, 0.1) is 16.0 Å². The highest BCUT2D eigenvalue weighted by atomic mass is 32.2. The van der Waals surface area contributed by atoms with Crippen LogP contribution in [0.3, 0.4) is 0 Å². The molecule has 1 aromatic carbocycles. The van der Waals surface area contributed by atoms with Gasteiger partial charge in [0, 0.05) is 24.0 Å². The van der Waals surface area contributed by atoms with Gasteiger partial charge < -0.3 is 5.32 Å². The monoisotopic (exact) mass is 426 g/mol. The fourth-order valence-corrected chi connectivity index (χ4v) is 4.69. The number of aromatic nitrogens is 5. The van der Waals surface area contributed by atoms with Crippen LogP contribution in [0.5, 0.6) is 0 Å². The van der Waals surface area contributed by atoms with Gasteiger partial charge in [-0.05, 0) is 43.2 Å². The molecule has 0 spiro atoms. The Balaban J connectivity index is 1.29. The number of hydrogen-bond donors (Lipinski definition) is 1. The Bertz CT molecular complexity index is 1190. The summed E-state index contributed by atoms with van der Waals surface area (Å²) in [6.07, 6.45) is 5.62. The number of amides is 1. The van der Waals surface area contributed by atoms with Gasteiger partial charge in [-0.25, -0.2) is 9.37 Å². The van der Waals surface area contributed by atoms with E-state index in [0.29, 0.717) is 21.4 Å². The highest BCUT2D eigenvalue weighted by molar-refractivity contribution is 7.99. The summed E-state index contributed by atoms with van der Waals surface area (Å²) in [5.74, 6) is 0.473. The van der Waals surface area contributed by atoms with Crippen LogP contribution in [-0.4, -0.2) is 36.4 Å². The Morgan fingerprint density at radius 2 is 2.07 bits per heavy atom. The number of anilines is 1. The van der Waals surface area contributed by atoms with E-state index >= 15 is 0 Å². The molecule has 146 valence electrons. The second-order valence-corrected chi connectivity index (χ2v) is 8.58. The van der Waals surface area contributed by atoms with Gasteiger partial charge in [-0.2, -0.15) is 0 Å². The van der Waals surface area contributed by atoms with Gasteiger partial charge in [-0.3, -0.25) is 14.3 Å². The molecule has 10 heteroatoms. The Morgan fingerprint density at radius 3 is 2.86 bits per heavy atom. The number of benzene rings is 1. The van der Waals surface area contributed by atoms with Crippen LogP contribution in [0.1, 0.15) is 18.9 Å². The lowest BCUT2D eigenvalue weighted by Gasteiger charge is -2.08. The molecule has 1 fully saturated rings.